The quantitative estimate of drug-likeness (QED) is 0.450. The van der Waals surface area contributed by atoms with Crippen molar-refractivity contribution in [2.45, 2.75) is 18.8 Å². The third kappa shape index (κ3) is 4.74. The molecule has 1 fully saturated rings. The average molecular weight is 443 g/mol. The van der Waals surface area contributed by atoms with E-state index in [4.69, 9.17) is 4.74 Å². The molecule has 2 aromatic carbocycles. The molecule has 2 aromatic heterocycles. The minimum absolute atomic E-state index is 0.0122. The zero-order valence-corrected chi connectivity index (χ0v) is 17.8. The molecule has 166 valence electrons. The maximum atomic E-state index is 13.5. The molecular weight excluding hydrogens is 421 g/mol. The van der Waals surface area contributed by atoms with Crippen molar-refractivity contribution < 1.29 is 13.9 Å². The van der Waals surface area contributed by atoms with Crippen molar-refractivity contribution in [1.82, 2.24) is 24.6 Å². The Balaban J connectivity index is 1.31. The summed E-state index contributed by atoms with van der Waals surface area (Å²) >= 11 is 0. The Kier molecular flexibility index (Phi) is 5.80. The van der Waals surface area contributed by atoms with Crippen LogP contribution in [0.2, 0.25) is 0 Å². The van der Waals surface area contributed by atoms with Gasteiger partial charge in [-0.05, 0) is 49.2 Å². The van der Waals surface area contributed by atoms with E-state index in [1.54, 1.807) is 35.4 Å². The van der Waals surface area contributed by atoms with E-state index in [-0.39, 0.29) is 17.6 Å². The van der Waals surface area contributed by atoms with E-state index in [0.29, 0.717) is 30.3 Å². The Labute approximate surface area is 190 Å². The van der Waals surface area contributed by atoms with Crippen molar-refractivity contribution in [2.75, 3.05) is 13.1 Å². The molecule has 7 nitrogen and oxygen atoms in total. The lowest BCUT2D eigenvalue weighted by atomic mass is 9.93. The lowest BCUT2D eigenvalue weighted by molar-refractivity contribution is 0.0706. The number of hydrogen-bond donors (Lipinski definition) is 0. The summed E-state index contributed by atoms with van der Waals surface area (Å²) in [6.07, 6.45) is 5.02. The number of rotatable bonds is 5. The summed E-state index contributed by atoms with van der Waals surface area (Å²) in [4.78, 5) is 19.8. The molecule has 0 bridgehead atoms. The summed E-state index contributed by atoms with van der Waals surface area (Å²) in [5.41, 5.74) is 2.32. The molecule has 5 rings (SSSR count). The maximum absolute atomic E-state index is 13.5. The number of ether oxygens (including phenoxy) is 1. The topological polar surface area (TPSA) is 73.1 Å². The second-order valence-corrected chi connectivity index (χ2v) is 7.97. The lowest BCUT2D eigenvalue weighted by Gasteiger charge is -2.32. The third-order valence-corrected chi connectivity index (χ3v) is 5.70. The molecule has 0 aliphatic carbocycles. The standard InChI is InChI=1S/C25H22FN5O2/c26-20-7-2-9-22(14-20)33-24-11-3-10-23(29-24)19-6-4-12-30(15-19)25(32)18-5-1-8-21(13-18)31-16-27-28-17-31/h1-3,5,7-11,13-14,16-17,19H,4,6,12,15H2/t19-/m0/s1. The Bertz CT molecular complexity index is 1260. The van der Waals surface area contributed by atoms with E-state index in [1.165, 1.54) is 12.1 Å². The van der Waals surface area contributed by atoms with Gasteiger partial charge in [-0.3, -0.25) is 9.36 Å². The Morgan fingerprint density at radius 1 is 1.00 bits per heavy atom. The normalized spacial score (nSPS) is 15.9. The molecule has 0 spiro atoms. The van der Waals surface area contributed by atoms with Crippen LogP contribution in [0.1, 0.15) is 34.8 Å². The smallest absolute Gasteiger partial charge is 0.253 e. The van der Waals surface area contributed by atoms with Gasteiger partial charge >= 0.3 is 0 Å². The van der Waals surface area contributed by atoms with Crippen LogP contribution in [-0.4, -0.2) is 43.6 Å². The molecule has 1 aliphatic rings. The summed E-state index contributed by atoms with van der Waals surface area (Å²) in [5.74, 6) is 0.524. The SMILES string of the molecule is O=C(c1cccc(-n2cnnc2)c1)N1CCC[C@H](c2cccc(Oc3cccc(F)c3)n2)C1. The van der Waals surface area contributed by atoms with Crippen LogP contribution in [0.3, 0.4) is 0 Å². The van der Waals surface area contributed by atoms with Gasteiger partial charge in [0.15, 0.2) is 0 Å². The fourth-order valence-corrected chi connectivity index (χ4v) is 4.09. The van der Waals surface area contributed by atoms with Crippen LogP contribution in [0.25, 0.3) is 5.69 Å². The van der Waals surface area contributed by atoms with Gasteiger partial charge in [-0.2, -0.15) is 0 Å². The summed E-state index contributed by atoms with van der Waals surface area (Å²) in [7, 11) is 0. The number of likely N-dealkylation sites (tertiary alicyclic amines) is 1. The zero-order valence-electron chi connectivity index (χ0n) is 17.8. The van der Waals surface area contributed by atoms with Crippen LogP contribution in [0, 0.1) is 5.82 Å². The van der Waals surface area contributed by atoms with Crippen LogP contribution in [0.4, 0.5) is 4.39 Å². The van der Waals surface area contributed by atoms with Gasteiger partial charge in [-0.25, -0.2) is 9.37 Å². The molecule has 0 N–H and O–H groups in total. The van der Waals surface area contributed by atoms with E-state index in [9.17, 15) is 9.18 Å². The second kappa shape index (κ2) is 9.20. The van der Waals surface area contributed by atoms with Crippen molar-refractivity contribution in [3.8, 4) is 17.3 Å². The Morgan fingerprint density at radius 3 is 2.67 bits per heavy atom. The molecule has 0 unspecified atom stereocenters. The van der Waals surface area contributed by atoms with Crippen molar-refractivity contribution in [2.24, 2.45) is 0 Å². The van der Waals surface area contributed by atoms with Gasteiger partial charge in [-0.15, -0.1) is 10.2 Å². The summed E-state index contributed by atoms with van der Waals surface area (Å²) in [5, 5.41) is 7.65. The van der Waals surface area contributed by atoms with Gasteiger partial charge in [0.25, 0.3) is 5.91 Å². The number of carbonyl (C=O) groups is 1. The first-order valence-corrected chi connectivity index (χ1v) is 10.8. The van der Waals surface area contributed by atoms with Crippen LogP contribution in [0.5, 0.6) is 11.6 Å². The highest BCUT2D eigenvalue weighted by atomic mass is 19.1. The van der Waals surface area contributed by atoms with Gasteiger partial charge in [-0.1, -0.05) is 18.2 Å². The number of piperidine rings is 1. The van der Waals surface area contributed by atoms with Crippen molar-refractivity contribution in [1.29, 1.82) is 0 Å². The van der Waals surface area contributed by atoms with E-state index in [2.05, 4.69) is 15.2 Å². The zero-order chi connectivity index (χ0) is 22.6. The first-order chi connectivity index (χ1) is 16.2. The number of hydrogen-bond acceptors (Lipinski definition) is 5. The highest BCUT2D eigenvalue weighted by molar-refractivity contribution is 5.94. The number of nitrogens with zero attached hydrogens (tertiary/aromatic N) is 5. The summed E-state index contributed by atoms with van der Waals surface area (Å²) < 4.78 is 21.0. The monoisotopic (exact) mass is 443 g/mol. The molecule has 1 amide bonds. The molecule has 33 heavy (non-hydrogen) atoms. The van der Waals surface area contributed by atoms with E-state index in [0.717, 1.165) is 24.2 Å². The van der Waals surface area contributed by atoms with Crippen molar-refractivity contribution in [3.63, 3.8) is 0 Å². The van der Waals surface area contributed by atoms with E-state index >= 15 is 0 Å². The van der Waals surface area contributed by atoms with Gasteiger partial charge in [0.05, 0.1) is 0 Å². The number of aromatic nitrogens is 4. The Hall–Kier alpha value is -4.07. The number of carbonyl (C=O) groups excluding carboxylic acids is 1. The predicted octanol–water partition coefficient (Wildman–Crippen LogP) is 4.61. The van der Waals surface area contributed by atoms with Crippen LogP contribution in [-0.2, 0) is 0 Å². The van der Waals surface area contributed by atoms with E-state index in [1.807, 2.05) is 41.3 Å². The molecule has 0 radical (unpaired) electrons. The van der Waals surface area contributed by atoms with Gasteiger partial charge in [0.2, 0.25) is 5.88 Å². The number of amides is 1. The first kappa shape index (κ1) is 20.8. The third-order valence-electron chi connectivity index (χ3n) is 5.70. The largest absolute Gasteiger partial charge is 0.439 e. The highest BCUT2D eigenvalue weighted by Gasteiger charge is 2.26. The Morgan fingerprint density at radius 2 is 1.82 bits per heavy atom. The van der Waals surface area contributed by atoms with Crippen LogP contribution >= 0.6 is 0 Å². The highest BCUT2D eigenvalue weighted by Crippen LogP contribution is 2.29. The number of halogens is 1. The summed E-state index contributed by atoms with van der Waals surface area (Å²) in [6, 6.07) is 19.0. The second-order valence-electron chi connectivity index (χ2n) is 7.97. The predicted molar refractivity (Wildman–Crippen MR) is 120 cm³/mol. The molecule has 1 saturated heterocycles. The minimum Gasteiger partial charge on any atom is -0.439 e. The van der Waals surface area contributed by atoms with Crippen LogP contribution in [0.15, 0.2) is 79.4 Å². The minimum atomic E-state index is -0.363. The fourth-order valence-electron chi connectivity index (χ4n) is 4.09. The molecular formula is C25H22FN5O2. The average Bonchev–Trinajstić information content (AvgIpc) is 3.39. The molecule has 4 aromatic rings. The molecule has 8 heteroatoms. The lowest BCUT2D eigenvalue weighted by Crippen LogP contribution is -2.39. The molecule has 1 aliphatic heterocycles. The van der Waals surface area contributed by atoms with E-state index < -0.39 is 0 Å². The van der Waals surface area contributed by atoms with Crippen molar-refractivity contribution in [3.05, 3.63) is 96.5 Å². The molecule has 0 saturated carbocycles. The number of benzene rings is 2. The molecule has 3 heterocycles. The van der Waals surface area contributed by atoms with Crippen molar-refractivity contribution >= 4 is 5.91 Å². The first-order valence-electron chi connectivity index (χ1n) is 10.8. The maximum Gasteiger partial charge on any atom is 0.253 e. The fraction of sp³-hybridized carbons (Fsp3) is 0.200. The van der Waals surface area contributed by atoms with Gasteiger partial charge in [0.1, 0.15) is 24.2 Å². The molecule has 1 atom stereocenters. The van der Waals surface area contributed by atoms with Crippen LogP contribution < -0.4 is 4.74 Å². The summed E-state index contributed by atoms with van der Waals surface area (Å²) in [6.45, 7) is 1.28. The number of pyridine rings is 1. The van der Waals surface area contributed by atoms with Gasteiger partial charge < -0.3 is 9.64 Å². The van der Waals surface area contributed by atoms with Gasteiger partial charge in [0, 0.05) is 48.1 Å².